The molecule has 0 bridgehead atoms. The molecule has 2 fully saturated rings. The third-order valence-electron chi connectivity index (χ3n) is 5.52. The monoisotopic (exact) mass is 369 g/mol. The molecule has 1 saturated carbocycles. The zero-order valence-corrected chi connectivity index (χ0v) is 15.7. The predicted molar refractivity (Wildman–Crippen MR) is 95.7 cm³/mol. The van der Waals surface area contributed by atoms with Gasteiger partial charge in [-0.25, -0.2) is 4.79 Å². The lowest BCUT2D eigenvalue weighted by molar-refractivity contribution is -0.142. The average molecular weight is 369 g/mol. The number of nitrogens with one attached hydrogen (secondary N) is 2. The van der Waals surface area contributed by atoms with Gasteiger partial charge in [-0.1, -0.05) is 0 Å². The number of hydrogen-bond donors (Lipinski definition) is 3. The molecule has 0 spiro atoms. The number of methoxy groups -OCH3 is 1. The summed E-state index contributed by atoms with van der Waals surface area (Å²) >= 11 is 0. The van der Waals surface area contributed by atoms with E-state index in [0.29, 0.717) is 45.4 Å². The van der Waals surface area contributed by atoms with Gasteiger partial charge in [-0.05, 0) is 45.4 Å². The molecule has 8 heteroatoms. The average Bonchev–Trinajstić information content (AvgIpc) is 2.62. The van der Waals surface area contributed by atoms with E-state index in [1.165, 1.54) is 0 Å². The fourth-order valence-electron chi connectivity index (χ4n) is 3.77. The number of rotatable bonds is 6. The second-order valence-electron chi connectivity index (χ2n) is 7.40. The van der Waals surface area contributed by atoms with Crippen molar-refractivity contribution < 1.29 is 24.2 Å². The smallest absolute Gasteiger partial charge is 0.317 e. The molecule has 0 aromatic heterocycles. The SMILES string of the molecule is COCCNC(=O)C1CCC(C)N(C(=O)NC2CCC(C(=O)O)CC2)C1. The molecule has 0 radical (unpaired) electrons. The Morgan fingerprint density at radius 2 is 1.73 bits per heavy atom. The van der Waals surface area contributed by atoms with E-state index in [-0.39, 0.29) is 35.9 Å². The van der Waals surface area contributed by atoms with E-state index in [0.717, 1.165) is 12.8 Å². The van der Waals surface area contributed by atoms with Gasteiger partial charge in [0.1, 0.15) is 0 Å². The summed E-state index contributed by atoms with van der Waals surface area (Å²) in [5, 5.41) is 14.9. The third kappa shape index (κ3) is 5.59. The van der Waals surface area contributed by atoms with E-state index in [1.54, 1.807) is 12.0 Å². The van der Waals surface area contributed by atoms with E-state index < -0.39 is 5.97 Å². The van der Waals surface area contributed by atoms with E-state index in [2.05, 4.69) is 10.6 Å². The van der Waals surface area contributed by atoms with Crippen LogP contribution in [0.25, 0.3) is 0 Å². The van der Waals surface area contributed by atoms with Crippen molar-refractivity contribution in [3.63, 3.8) is 0 Å². The van der Waals surface area contributed by atoms with Crippen LogP contribution in [0.5, 0.6) is 0 Å². The van der Waals surface area contributed by atoms with Gasteiger partial charge < -0.3 is 25.4 Å². The van der Waals surface area contributed by atoms with Gasteiger partial charge in [0.2, 0.25) is 5.91 Å². The predicted octanol–water partition coefficient (Wildman–Crippen LogP) is 1.20. The van der Waals surface area contributed by atoms with Crippen molar-refractivity contribution in [1.82, 2.24) is 15.5 Å². The first-order chi connectivity index (χ1) is 12.4. The first-order valence-corrected chi connectivity index (χ1v) is 9.49. The molecular weight excluding hydrogens is 338 g/mol. The number of amides is 3. The van der Waals surface area contributed by atoms with Gasteiger partial charge in [0, 0.05) is 32.3 Å². The van der Waals surface area contributed by atoms with Crippen molar-refractivity contribution >= 4 is 17.9 Å². The van der Waals surface area contributed by atoms with E-state index >= 15 is 0 Å². The summed E-state index contributed by atoms with van der Waals surface area (Å²) in [5.74, 6) is -1.27. The molecule has 3 N–H and O–H groups in total. The lowest BCUT2D eigenvalue weighted by atomic mass is 9.86. The highest BCUT2D eigenvalue weighted by atomic mass is 16.5. The molecule has 2 unspecified atom stereocenters. The van der Waals surface area contributed by atoms with Crippen LogP contribution < -0.4 is 10.6 Å². The minimum absolute atomic E-state index is 0.0150. The molecule has 1 aliphatic heterocycles. The number of aliphatic carboxylic acids is 1. The van der Waals surface area contributed by atoms with Crippen LogP contribution in [0, 0.1) is 11.8 Å². The Balaban J connectivity index is 1.83. The van der Waals surface area contributed by atoms with Crippen molar-refractivity contribution in [1.29, 1.82) is 0 Å². The van der Waals surface area contributed by atoms with Gasteiger partial charge in [-0.2, -0.15) is 0 Å². The number of urea groups is 1. The second kappa shape index (κ2) is 9.75. The normalized spacial score (nSPS) is 29.1. The molecule has 26 heavy (non-hydrogen) atoms. The van der Waals surface area contributed by atoms with Gasteiger partial charge in [-0.15, -0.1) is 0 Å². The van der Waals surface area contributed by atoms with Crippen molar-refractivity contribution in [2.24, 2.45) is 11.8 Å². The highest BCUT2D eigenvalue weighted by Gasteiger charge is 2.34. The molecule has 1 heterocycles. The number of carbonyl (C=O) groups excluding carboxylic acids is 2. The number of likely N-dealkylation sites (tertiary alicyclic amines) is 1. The Morgan fingerprint density at radius 3 is 2.35 bits per heavy atom. The highest BCUT2D eigenvalue weighted by molar-refractivity contribution is 5.81. The molecule has 1 saturated heterocycles. The minimum Gasteiger partial charge on any atom is -0.481 e. The fraction of sp³-hybridized carbons (Fsp3) is 0.833. The molecule has 2 rings (SSSR count). The van der Waals surface area contributed by atoms with E-state index in [1.807, 2.05) is 6.92 Å². The molecule has 1 aliphatic carbocycles. The Kier molecular flexibility index (Phi) is 7.68. The van der Waals surface area contributed by atoms with Crippen LogP contribution in [0.2, 0.25) is 0 Å². The standard InChI is InChI=1S/C18H31N3O5/c1-12-3-4-14(16(22)19-9-10-26-2)11-21(12)18(25)20-15-7-5-13(6-8-15)17(23)24/h12-15H,3-11H2,1-2H3,(H,19,22)(H,20,25)(H,23,24). The molecule has 8 nitrogen and oxygen atoms in total. The Bertz CT molecular complexity index is 505. The zero-order chi connectivity index (χ0) is 19.1. The van der Waals surface area contributed by atoms with Gasteiger partial charge in [-0.3, -0.25) is 9.59 Å². The first kappa shape index (κ1) is 20.5. The van der Waals surface area contributed by atoms with Crippen LogP contribution >= 0.6 is 0 Å². The van der Waals surface area contributed by atoms with Crippen LogP contribution in [-0.2, 0) is 14.3 Å². The van der Waals surface area contributed by atoms with E-state index in [4.69, 9.17) is 9.84 Å². The molecule has 3 amide bonds. The summed E-state index contributed by atoms with van der Waals surface area (Å²) in [6.45, 7) is 3.36. The maximum Gasteiger partial charge on any atom is 0.317 e. The second-order valence-corrected chi connectivity index (χ2v) is 7.40. The molecule has 0 aromatic carbocycles. The summed E-state index contributed by atoms with van der Waals surface area (Å²) in [4.78, 5) is 37.7. The molecule has 148 valence electrons. The van der Waals surface area contributed by atoms with Crippen LogP contribution in [0.15, 0.2) is 0 Å². The van der Waals surface area contributed by atoms with Crippen molar-refractivity contribution in [2.45, 2.75) is 57.5 Å². The number of carboxylic acid groups (broad SMARTS) is 1. The number of carboxylic acids is 1. The zero-order valence-electron chi connectivity index (χ0n) is 15.7. The van der Waals surface area contributed by atoms with Gasteiger partial charge in [0.15, 0.2) is 0 Å². The number of hydrogen-bond acceptors (Lipinski definition) is 4. The minimum atomic E-state index is -0.748. The number of nitrogens with zero attached hydrogens (tertiary/aromatic N) is 1. The lowest BCUT2D eigenvalue weighted by Crippen LogP contribution is -2.54. The quantitative estimate of drug-likeness (QED) is 0.610. The number of carbonyl (C=O) groups is 3. The van der Waals surface area contributed by atoms with Gasteiger partial charge in [0.05, 0.1) is 18.4 Å². The van der Waals surface area contributed by atoms with Crippen molar-refractivity contribution in [2.75, 3.05) is 26.8 Å². The number of piperidine rings is 1. The number of ether oxygens (including phenoxy) is 1. The van der Waals surface area contributed by atoms with Crippen molar-refractivity contribution in [3.8, 4) is 0 Å². The van der Waals surface area contributed by atoms with Crippen LogP contribution in [0.4, 0.5) is 4.79 Å². The van der Waals surface area contributed by atoms with Crippen LogP contribution in [-0.4, -0.2) is 66.8 Å². The summed E-state index contributed by atoms with van der Waals surface area (Å²) in [5.41, 5.74) is 0. The first-order valence-electron chi connectivity index (χ1n) is 9.49. The van der Waals surface area contributed by atoms with Crippen LogP contribution in [0.3, 0.4) is 0 Å². The summed E-state index contributed by atoms with van der Waals surface area (Å²) in [6, 6.07) is -0.0414. The summed E-state index contributed by atoms with van der Waals surface area (Å²) in [7, 11) is 1.59. The van der Waals surface area contributed by atoms with E-state index in [9.17, 15) is 14.4 Å². The topological polar surface area (TPSA) is 108 Å². The fourth-order valence-corrected chi connectivity index (χ4v) is 3.77. The molecular formula is C18H31N3O5. The Labute approximate surface area is 154 Å². The van der Waals surface area contributed by atoms with Gasteiger partial charge in [0.25, 0.3) is 0 Å². The Morgan fingerprint density at radius 1 is 1.08 bits per heavy atom. The third-order valence-corrected chi connectivity index (χ3v) is 5.52. The summed E-state index contributed by atoms with van der Waals surface area (Å²) in [6.07, 6.45) is 4.13. The Hall–Kier alpha value is -1.83. The largest absolute Gasteiger partial charge is 0.481 e. The molecule has 2 atom stereocenters. The van der Waals surface area contributed by atoms with Crippen LogP contribution in [0.1, 0.15) is 45.4 Å². The highest BCUT2D eigenvalue weighted by Crippen LogP contribution is 2.26. The molecule has 0 aromatic rings. The maximum absolute atomic E-state index is 12.7. The maximum atomic E-state index is 12.7. The summed E-state index contributed by atoms with van der Waals surface area (Å²) < 4.78 is 4.94. The lowest BCUT2D eigenvalue weighted by Gasteiger charge is -2.38. The molecule has 2 aliphatic rings. The van der Waals surface area contributed by atoms with Crippen molar-refractivity contribution in [3.05, 3.63) is 0 Å². The van der Waals surface area contributed by atoms with Gasteiger partial charge >= 0.3 is 12.0 Å².